The maximum atomic E-state index is 11.5. The lowest BCUT2D eigenvalue weighted by atomic mass is 10.0. The molecule has 0 saturated carbocycles. The molecule has 0 aliphatic carbocycles. The number of carboxylic acid groups (broad SMARTS) is 1. The third-order valence-corrected chi connectivity index (χ3v) is 3.59. The first-order chi connectivity index (χ1) is 10.0. The zero-order chi connectivity index (χ0) is 15.0. The minimum atomic E-state index is -1.02. The summed E-state index contributed by atoms with van der Waals surface area (Å²) < 4.78 is 0. The fourth-order valence-corrected chi connectivity index (χ4v) is 2.53. The van der Waals surface area contributed by atoms with Gasteiger partial charge >= 0.3 is 5.97 Å². The summed E-state index contributed by atoms with van der Waals surface area (Å²) in [7, 11) is 0. The van der Waals surface area contributed by atoms with Crippen LogP contribution in [0.1, 0.15) is 10.4 Å². The van der Waals surface area contributed by atoms with Crippen LogP contribution in [0.5, 0.6) is 0 Å². The van der Waals surface area contributed by atoms with Crippen LogP contribution in [0.4, 0.5) is 0 Å². The Hall–Kier alpha value is -2.10. The molecule has 0 amide bonds. The number of carbonyl (C=O) groups is 1. The molecule has 3 rings (SSSR count). The average molecular weight is 318 g/mol. The smallest absolute Gasteiger partial charge is 0.336 e. The normalized spacial score (nSPS) is 10.8. The molecule has 1 heterocycles. The summed E-state index contributed by atoms with van der Waals surface area (Å²) in [5.74, 6) is -1.02. The van der Waals surface area contributed by atoms with Gasteiger partial charge in [0.15, 0.2) is 0 Å². The fraction of sp³-hybridized carbons (Fsp3) is 0. The van der Waals surface area contributed by atoms with Gasteiger partial charge in [0, 0.05) is 21.0 Å². The second-order valence-corrected chi connectivity index (χ2v) is 5.40. The first kappa shape index (κ1) is 13.9. The van der Waals surface area contributed by atoms with Crippen molar-refractivity contribution in [3.63, 3.8) is 0 Å². The van der Waals surface area contributed by atoms with Crippen LogP contribution in [0, 0.1) is 0 Å². The van der Waals surface area contributed by atoms with Crippen LogP contribution in [0.2, 0.25) is 10.0 Å². The lowest BCUT2D eigenvalue weighted by molar-refractivity contribution is 0.0699. The highest BCUT2D eigenvalue weighted by Gasteiger charge is 2.13. The molecule has 5 heteroatoms. The first-order valence-corrected chi connectivity index (χ1v) is 6.90. The van der Waals surface area contributed by atoms with Crippen molar-refractivity contribution in [3.8, 4) is 11.3 Å². The fourth-order valence-electron chi connectivity index (χ4n) is 2.17. The first-order valence-electron chi connectivity index (χ1n) is 6.14. The van der Waals surface area contributed by atoms with E-state index >= 15 is 0 Å². The zero-order valence-electron chi connectivity index (χ0n) is 10.7. The molecule has 0 fully saturated rings. The average Bonchev–Trinajstić information content (AvgIpc) is 2.46. The third-order valence-electron chi connectivity index (χ3n) is 3.12. The molecule has 1 aromatic heterocycles. The topological polar surface area (TPSA) is 50.2 Å². The number of rotatable bonds is 2. The Labute approximate surface area is 130 Å². The van der Waals surface area contributed by atoms with Crippen molar-refractivity contribution < 1.29 is 9.90 Å². The number of nitrogens with zero attached hydrogens (tertiary/aromatic N) is 1. The number of halogens is 2. The van der Waals surface area contributed by atoms with Crippen LogP contribution in [-0.2, 0) is 0 Å². The Balaban J connectivity index is 2.31. The number of pyridine rings is 1. The summed E-state index contributed by atoms with van der Waals surface area (Å²) in [5.41, 5.74) is 2.07. The molecule has 21 heavy (non-hydrogen) atoms. The Morgan fingerprint density at radius 3 is 2.48 bits per heavy atom. The van der Waals surface area contributed by atoms with Crippen molar-refractivity contribution in [2.75, 3.05) is 0 Å². The standard InChI is InChI=1S/C16H9Cl2NO2/c17-10-3-1-2-9(6-10)15-8-13(16(20)21)12-7-11(18)4-5-14(12)19-15/h1-8H,(H,20,21). The summed E-state index contributed by atoms with van der Waals surface area (Å²) in [6, 6.07) is 13.7. The second-order valence-electron chi connectivity index (χ2n) is 4.53. The van der Waals surface area contributed by atoms with E-state index in [4.69, 9.17) is 23.2 Å². The van der Waals surface area contributed by atoms with E-state index in [-0.39, 0.29) is 5.56 Å². The largest absolute Gasteiger partial charge is 0.478 e. The number of aromatic carboxylic acids is 1. The van der Waals surface area contributed by atoms with Crippen molar-refractivity contribution in [1.29, 1.82) is 0 Å². The molecule has 0 spiro atoms. The van der Waals surface area contributed by atoms with Gasteiger partial charge < -0.3 is 5.11 Å². The van der Waals surface area contributed by atoms with Gasteiger partial charge in [-0.1, -0.05) is 35.3 Å². The molecule has 3 nitrogen and oxygen atoms in total. The molecular weight excluding hydrogens is 309 g/mol. The summed E-state index contributed by atoms with van der Waals surface area (Å²) >= 11 is 11.9. The van der Waals surface area contributed by atoms with E-state index in [2.05, 4.69) is 4.98 Å². The van der Waals surface area contributed by atoms with Crippen LogP contribution >= 0.6 is 23.2 Å². The minimum absolute atomic E-state index is 0.164. The molecule has 0 atom stereocenters. The Morgan fingerprint density at radius 2 is 1.76 bits per heavy atom. The second kappa shape index (κ2) is 5.35. The molecule has 2 aromatic carbocycles. The molecule has 1 N–H and O–H groups in total. The highest BCUT2D eigenvalue weighted by Crippen LogP contribution is 2.28. The maximum Gasteiger partial charge on any atom is 0.336 e. The summed E-state index contributed by atoms with van der Waals surface area (Å²) in [6.07, 6.45) is 0. The van der Waals surface area contributed by atoms with Crippen LogP contribution in [0.25, 0.3) is 22.2 Å². The lowest BCUT2D eigenvalue weighted by Gasteiger charge is -2.08. The molecule has 0 bridgehead atoms. The third kappa shape index (κ3) is 2.71. The van der Waals surface area contributed by atoms with Crippen molar-refractivity contribution in [2.24, 2.45) is 0 Å². The van der Waals surface area contributed by atoms with Crippen LogP contribution in [-0.4, -0.2) is 16.1 Å². The van der Waals surface area contributed by atoms with Gasteiger partial charge in [-0.2, -0.15) is 0 Å². The minimum Gasteiger partial charge on any atom is -0.478 e. The number of hydrogen-bond donors (Lipinski definition) is 1. The highest BCUT2D eigenvalue weighted by molar-refractivity contribution is 6.31. The van der Waals surface area contributed by atoms with Gasteiger partial charge in [0.1, 0.15) is 0 Å². The quantitative estimate of drug-likeness (QED) is 0.730. The summed E-state index contributed by atoms with van der Waals surface area (Å²) in [5, 5.41) is 11.0. The van der Waals surface area contributed by atoms with Gasteiger partial charge in [-0.15, -0.1) is 0 Å². The van der Waals surface area contributed by atoms with Gasteiger partial charge in [0.25, 0.3) is 0 Å². The SMILES string of the molecule is O=C(O)c1cc(-c2cccc(Cl)c2)nc2ccc(Cl)cc12. The number of fused-ring (bicyclic) bond motifs is 1. The van der Waals surface area contributed by atoms with E-state index in [0.717, 1.165) is 5.56 Å². The van der Waals surface area contributed by atoms with Crippen molar-refractivity contribution >= 4 is 40.1 Å². The van der Waals surface area contributed by atoms with E-state index in [1.807, 2.05) is 6.07 Å². The Kier molecular flexibility index (Phi) is 3.53. The molecule has 0 aliphatic heterocycles. The van der Waals surface area contributed by atoms with Gasteiger partial charge in [0.05, 0.1) is 16.8 Å². The van der Waals surface area contributed by atoms with Crippen LogP contribution < -0.4 is 0 Å². The van der Waals surface area contributed by atoms with Gasteiger partial charge in [-0.05, 0) is 36.4 Å². The van der Waals surface area contributed by atoms with E-state index in [0.29, 0.717) is 26.6 Å². The van der Waals surface area contributed by atoms with Crippen molar-refractivity contribution in [3.05, 3.63) is 64.1 Å². The van der Waals surface area contributed by atoms with E-state index in [1.165, 1.54) is 6.07 Å². The Morgan fingerprint density at radius 1 is 1.00 bits per heavy atom. The number of aromatic nitrogens is 1. The van der Waals surface area contributed by atoms with Gasteiger partial charge in [-0.25, -0.2) is 9.78 Å². The van der Waals surface area contributed by atoms with E-state index in [1.54, 1.807) is 36.4 Å². The molecule has 0 radical (unpaired) electrons. The Bertz CT molecular complexity index is 862. The van der Waals surface area contributed by atoms with Gasteiger partial charge in [-0.3, -0.25) is 0 Å². The molecule has 0 aliphatic rings. The van der Waals surface area contributed by atoms with Crippen LogP contribution in [0.15, 0.2) is 48.5 Å². The number of carboxylic acids is 1. The molecule has 104 valence electrons. The molecular formula is C16H9Cl2NO2. The predicted octanol–water partition coefficient (Wildman–Crippen LogP) is 4.91. The monoisotopic (exact) mass is 317 g/mol. The maximum absolute atomic E-state index is 11.5. The number of benzene rings is 2. The zero-order valence-corrected chi connectivity index (χ0v) is 12.2. The van der Waals surface area contributed by atoms with E-state index < -0.39 is 5.97 Å². The molecule has 3 aromatic rings. The number of hydrogen-bond acceptors (Lipinski definition) is 2. The summed E-state index contributed by atoms with van der Waals surface area (Å²) in [6.45, 7) is 0. The highest BCUT2D eigenvalue weighted by atomic mass is 35.5. The summed E-state index contributed by atoms with van der Waals surface area (Å²) in [4.78, 5) is 16.0. The van der Waals surface area contributed by atoms with E-state index in [9.17, 15) is 9.90 Å². The van der Waals surface area contributed by atoms with Gasteiger partial charge in [0.2, 0.25) is 0 Å². The molecule has 0 unspecified atom stereocenters. The van der Waals surface area contributed by atoms with Crippen molar-refractivity contribution in [2.45, 2.75) is 0 Å². The lowest BCUT2D eigenvalue weighted by Crippen LogP contribution is -2.00. The van der Waals surface area contributed by atoms with Crippen LogP contribution in [0.3, 0.4) is 0 Å². The predicted molar refractivity (Wildman–Crippen MR) is 84.2 cm³/mol. The van der Waals surface area contributed by atoms with Crippen molar-refractivity contribution in [1.82, 2.24) is 4.98 Å². The molecule has 0 saturated heterocycles.